The fraction of sp³-hybridized carbons (Fsp3) is 0.400. The van der Waals surface area contributed by atoms with E-state index >= 15 is 0 Å². The maximum atomic E-state index is 11.5. The number of halogens is 1. The SMILES string of the molecule is Cc1cc(N2CCS(=O)CC2)c2cc(Cl)cc(C)c2n1. The molecule has 1 saturated heterocycles. The van der Waals surface area contributed by atoms with Crippen molar-refractivity contribution in [2.75, 3.05) is 29.5 Å². The number of nitrogens with zero attached hydrogens (tertiary/aromatic N) is 2. The number of anilines is 1. The first-order valence-electron chi connectivity index (χ1n) is 6.72. The van der Waals surface area contributed by atoms with Crippen LogP contribution in [0, 0.1) is 13.8 Å². The van der Waals surface area contributed by atoms with Gasteiger partial charge in [0.1, 0.15) is 0 Å². The van der Waals surface area contributed by atoms with Crippen LogP contribution in [0.5, 0.6) is 0 Å². The zero-order valence-corrected chi connectivity index (χ0v) is 13.2. The molecule has 3 nitrogen and oxygen atoms in total. The number of hydrogen-bond donors (Lipinski definition) is 0. The molecule has 0 amide bonds. The first-order valence-corrected chi connectivity index (χ1v) is 8.58. The second-order valence-corrected chi connectivity index (χ2v) is 7.37. The van der Waals surface area contributed by atoms with E-state index in [9.17, 15) is 4.21 Å². The van der Waals surface area contributed by atoms with Crippen LogP contribution < -0.4 is 4.90 Å². The molecule has 1 fully saturated rings. The zero-order valence-electron chi connectivity index (χ0n) is 11.6. The molecule has 0 radical (unpaired) electrons. The van der Waals surface area contributed by atoms with Crippen molar-refractivity contribution in [3.8, 4) is 0 Å². The van der Waals surface area contributed by atoms with Crippen molar-refractivity contribution in [3.05, 3.63) is 34.5 Å². The number of benzene rings is 1. The molecule has 0 unspecified atom stereocenters. The monoisotopic (exact) mass is 308 g/mol. The summed E-state index contributed by atoms with van der Waals surface area (Å²) >= 11 is 6.20. The van der Waals surface area contributed by atoms with Crippen LogP contribution in [0.4, 0.5) is 5.69 Å². The lowest BCUT2D eigenvalue weighted by Crippen LogP contribution is -2.37. The Balaban J connectivity index is 2.16. The van der Waals surface area contributed by atoms with E-state index in [0.29, 0.717) is 0 Å². The molecule has 1 aromatic carbocycles. The zero-order chi connectivity index (χ0) is 14.3. The molecule has 20 heavy (non-hydrogen) atoms. The van der Waals surface area contributed by atoms with Crippen molar-refractivity contribution >= 4 is 39.0 Å². The summed E-state index contributed by atoms with van der Waals surface area (Å²) in [6.07, 6.45) is 0. The van der Waals surface area contributed by atoms with E-state index in [1.807, 2.05) is 26.0 Å². The van der Waals surface area contributed by atoms with Crippen molar-refractivity contribution < 1.29 is 4.21 Å². The molecule has 2 aromatic rings. The van der Waals surface area contributed by atoms with Gasteiger partial charge >= 0.3 is 0 Å². The van der Waals surface area contributed by atoms with E-state index < -0.39 is 10.8 Å². The number of hydrogen-bond acceptors (Lipinski definition) is 3. The summed E-state index contributed by atoms with van der Waals surface area (Å²) in [5.74, 6) is 1.48. The summed E-state index contributed by atoms with van der Waals surface area (Å²) in [6.45, 7) is 5.71. The second-order valence-electron chi connectivity index (χ2n) is 5.24. The summed E-state index contributed by atoms with van der Waals surface area (Å²) in [7, 11) is -0.666. The van der Waals surface area contributed by atoms with Gasteiger partial charge in [-0.2, -0.15) is 0 Å². The van der Waals surface area contributed by atoms with E-state index in [1.54, 1.807) is 0 Å². The van der Waals surface area contributed by atoms with Gasteiger partial charge in [0.15, 0.2) is 0 Å². The highest BCUT2D eigenvalue weighted by Crippen LogP contribution is 2.31. The molecular weight excluding hydrogens is 292 g/mol. The van der Waals surface area contributed by atoms with Crippen LogP contribution >= 0.6 is 11.6 Å². The fourth-order valence-electron chi connectivity index (χ4n) is 2.70. The maximum Gasteiger partial charge on any atom is 0.0756 e. The molecule has 1 aromatic heterocycles. The Bertz CT molecular complexity index is 692. The third-order valence-corrected chi connectivity index (χ3v) is 5.19. The topological polar surface area (TPSA) is 33.2 Å². The first kappa shape index (κ1) is 13.8. The van der Waals surface area contributed by atoms with Crippen molar-refractivity contribution in [1.29, 1.82) is 0 Å². The average molecular weight is 309 g/mol. The predicted molar refractivity (Wildman–Crippen MR) is 86.3 cm³/mol. The van der Waals surface area contributed by atoms with Crippen LogP contribution in [0.1, 0.15) is 11.3 Å². The van der Waals surface area contributed by atoms with Gasteiger partial charge in [-0.25, -0.2) is 0 Å². The summed E-state index contributed by atoms with van der Waals surface area (Å²) in [6, 6.07) is 6.04. The molecule has 5 heteroatoms. The smallest absolute Gasteiger partial charge is 0.0756 e. The van der Waals surface area contributed by atoms with E-state index in [2.05, 4.69) is 16.0 Å². The lowest BCUT2D eigenvalue weighted by molar-refractivity contribution is 0.673. The highest BCUT2D eigenvalue weighted by atomic mass is 35.5. The molecule has 0 spiro atoms. The Kier molecular flexibility index (Phi) is 3.69. The van der Waals surface area contributed by atoms with Crippen LogP contribution in [0.15, 0.2) is 18.2 Å². The summed E-state index contributed by atoms with van der Waals surface area (Å²) in [5, 5.41) is 1.83. The number of pyridine rings is 1. The lowest BCUT2D eigenvalue weighted by atomic mass is 10.1. The third-order valence-electron chi connectivity index (χ3n) is 3.69. The third kappa shape index (κ3) is 2.54. The van der Waals surface area contributed by atoms with Crippen LogP contribution in [0.2, 0.25) is 5.02 Å². The number of aromatic nitrogens is 1. The molecule has 0 N–H and O–H groups in total. The van der Waals surface area contributed by atoms with Crippen molar-refractivity contribution in [2.45, 2.75) is 13.8 Å². The van der Waals surface area contributed by atoms with Crippen LogP contribution in [-0.2, 0) is 10.8 Å². The van der Waals surface area contributed by atoms with Crippen molar-refractivity contribution in [3.63, 3.8) is 0 Å². The first-order chi connectivity index (χ1) is 9.54. The number of rotatable bonds is 1. The molecule has 0 atom stereocenters. The molecule has 1 aliphatic heterocycles. The molecule has 0 aliphatic carbocycles. The van der Waals surface area contributed by atoms with E-state index in [1.165, 1.54) is 0 Å². The number of aryl methyl sites for hydroxylation is 2. The van der Waals surface area contributed by atoms with Gasteiger partial charge in [0.2, 0.25) is 0 Å². The molecule has 0 saturated carbocycles. The maximum absolute atomic E-state index is 11.5. The van der Waals surface area contributed by atoms with Crippen LogP contribution in [-0.4, -0.2) is 33.8 Å². The van der Waals surface area contributed by atoms with Crippen LogP contribution in [0.3, 0.4) is 0 Å². The Morgan fingerprint density at radius 2 is 1.90 bits per heavy atom. The Hall–Kier alpha value is -1.13. The van der Waals surface area contributed by atoms with Gasteiger partial charge in [-0.15, -0.1) is 0 Å². The predicted octanol–water partition coefficient (Wildman–Crippen LogP) is 3.07. The van der Waals surface area contributed by atoms with Gasteiger partial charge in [-0.05, 0) is 37.6 Å². The standard InChI is InChI=1S/C15H17ClN2OS/c1-10-7-12(16)9-13-14(8-11(2)17-15(10)13)18-3-5-20(19)6-4-18/h7-9H,3-6H2,1-2H3. The lowest BCUT2D eigenvalue weighted by Gasteiger charge is -2.29. The minimum absolute atomic E-state index is 0.666. The van der Waals surface area contributed by atoms with E-state index in [0.717, 1.165) is 57.5 Å². The van der Waals surface area contributed by atoms with Crippen molar-refractivity contribution in [2.24, 2.45) is 0 Å². The van der Waals surface area contributed by atoms with Gasteiger partial charge in [0.25, 0.3) is 0 Å². The molecule has 2 heterocycles. The highest BCUT2D eigenvalue weighted by molar-refractivity contribution is 7.85. The minimum atomic E-state index is -0.666. The van der Waals surface area contributed by atoms with Gasteiger partial charge < -0.3 is 4.90 Å². The Labute approximate surface area is 126 Å². The van der Waals surface area contributed by atoms with Gasteiger partial charge in [-0.1, -0.05) is 11.6 Å². The average Bonchev–Trinajstić information content (AvgIpc) is 2.40. The molecule has 0 bridgehead atoms. The second kappa shape index (κ2) is 5.34. The van der Waals surface area contributed by atoms with E-state index in [4.69, 9.17) is 11.6 Å². The Morgan fingerprint density at radius 1 is 1.20 bits per heavy atom. The summed E-state index contributed by atoms with van der Waals surface area (Å²) in [4.78, 5) is 6.94. The van der Waals surface area contributed by atoms with E-state index in [-0.39, 0.29) is 0 Å². The summed E-state index contributed by atoms with van der Waals surface area (Å²) < 4.78 is 11.5. The normalized spacial score (nSPS) is 16.9. The molecular formula is C15H17ClN2OS. The Morgan fingerprint density at radius 3 is 2.60 bits per heavy atom. The van der Waals surface area contributed by atoms with Crippen LogP contribution in [0.25, 0.3) is 10.9 Å². The largest absolute Gasteiger partial charge is 0.369 e. The number of fused-ring (bicyclic) bond motifs is 1. The molecule has 106 valence electrons. The summed E-state index contributed by atoms with van der Waals surface area (Å²) in [5.41, 5.74) is 4.27. The highest BCUT2D eigenvalue weighted by Gasteiger charge is 2.19. The molecule has 1 aliphatic rings. The van der Waals surface area contributed by atoms with Gasteiger partial charge in [0.05, 0.1) is 5.52 Å². The van der Waals surface area contributed by atoms with Gasteiger partial charge in [0, 0.05) is 57.2 Å². The molecule has 3 rings (SSSR count). The van der Waals surface area contributed by atoms with Gasteiger partial charge in [-0.3, -0.25) is 9.19 Å². The quantitative estimate of drug-likeness (QED) is 0.812. The van der Waals surface area contributed by atoms with Crippen molar-refractivity contribution in [1.82, 2.24) is 4.98 Å². The minimum Gasteiger partial charge on any atom is -0.369 e. The fourth-order valence-corrected chi connectivity index (χ4v) is 4.03.